The van der Waals surface area contributed by atoms with Crippen LogP contribution in [-0.4, -0.2) is 18.9 Å². The summed E-state index contributed by atoms with van der Waals surface area (Å²) in [5.41, 5.74) is 0. The molecule has 11 heavy (non-hydrogen) atoms. The summed E-state index contributed by atoms with van der Waals surface area (Å²) in [6, 6.07) is 0. The van der Waals surface area contributed by atoms with E-state index in [0.717, 1.165) is 12.8 Å². The van der Waals surface area contributed by atoms with Crippen LogP contribution in [0, 0.1) is 0 Å². The smallest absolute Gasteiger partial charge is 0.430 e. The van der Waals surface area contributed by atoms with E-state index < -0.39 is 6.16 Å². The molecule has 1 aliphatic rings. The van der Waals surface area contributed by atoms with Gasteiger partial charge in [-0.2, -0.15) is 0 Å². The Morgan fingerprint density at radius 2 is 2.55 bits per heavy atom. The van der Waals surface area contributed by atoms with Crippen LogP contribution in [0.3, 0.4) is 0 Å². The number of hydrogen-bond donors (Lipinski definition) is 0. The van der Waals surface area contributed by atoms with Crippen LogP contribution in [0.15, 0.2) is 12.2 Å². The van der Waals surface area contributed by atoms with E-state index in [9.17, 15) is 4.79 Å². The highest BCUT2D eigenvalue weighted by molar-refractivity contribution is 5.62. The molecule has 0 aromatic heterocycles. The van der Waals surface area contributed by atoms with E-state index in [4.69, 9.17) is 4.74 Å². The van der Waals surface area contributed by atoms with E-state index >= 15 is 0 Å². The number of allylic oxidation sites excluding steroid dienone is 1. The minimum atomic E-state index is -0.559. The summed E-state index contributed by atoms with van der Waals surface area (Å²) in [5.74, 6) is 0. The maximum absolute atomic E-state index is 10.4. The first-order valence-corrected chi connectivity index (χ1v) is 3.83. The van der Waals surface area contributed by atoms with E-state index in [-0.39, 0.29) is 6.10 Å². The van der Waals surface area contributed by atoms with Crippen molar-refractivity contribution in [3.63, 3.8) is 0 Å². The van der Waals surface area contributed by atoms with E-state index in [1.807, 2.05) is 12.2 Å². The topological polar surface area (TPSA) is 35.5 Å². The number of unbranched alkanes of at least 4 members (excludes halogenated alkanes) is 1. The van der Waals surface area contributed by atoms with Crippen molar-refractivity contribution >= 4 is 6.16 Å². The summed E-state index contributed by atoms with van der Waals surface area (Å²) in [5, 5.41) is 0. The van der Waals surface area contributed by atoms with Crippen LogP contribution in [0.1, 0.15) is 19.8 Å². The van der Waals surface area contributed by atoms with Gasteiger partial charge >= 0.3 is 6.16 Å². The first-order chi connectivity index (χ1) is 5.33. The molecule has 1 fully saturated rings. The molecule has 1 saturated heterocycles. The molecule has 0 aliphatic carbocycles. The summed E-state index contributed by atoms with van der Waals surface area (Å²) in [6.07, 6.45) is 5.29. The zero-order chi connectivity index (χ0) is 8.10. The summed E-state index contributed by atoms with van der Waals surface area (Å²) >= 11 is 0. The molecule has 1 aliphatic heterocycles. The molecule has 0 aromatic carbocycles. The van der Waals surface area contributed by atoms with Gasteiger partial charge in [0.1, 0.15) is 6.61 Å². The Balaban J connectivity index is 2.22. The average molecular weight is 156 g/mol. The van der Waals surface area contributed by atoms with E-state index in [2.05, 4.69) is 11.7 Å². The molecule has 0 radical (unpaired) electrons. The van der Waals surface area contributed by atoms with Crippen LogP contribution in [0.5, 0.6) is 0 Å². The second-order valence-corrected chi connectivity index (χ2v) is 2.43. The van der Waals surface area contributed by atoms with Gasteiger partial charge in [-0.05, 0) is 12.5 Å². The first kappa shape index (κ1) is 8.11. The summed E-state index contributed by atoms with van der Waals surface area (Å²) in [4.78, 5) is 10.4. The lowest BCUT2D eigenvalue weighted by Gasteiger charge is -1.96. The lowest BCUT2D eigenvalue weighted by atomic mass is 10.2. The summed E-state index contributed by atoms with van der Waals surface area (Å²) < 4.78 is 9.34. The third kappa shape index (κ3) is 2.62. The summed E-state index contributed by atoms with van der Waals surface area (Å²) in [7, 11) is 0. The van der Waals surface area contributed by atoms with E-state index in [1.165, 1.54) is 0 Å². The molecule has 0 spiro atoms. The normalized spacial score (nSPS) is 23.7. The molecule has 1 rings (SSSR count). The fourth-order valence-electron chi connectivity index (χ4n) is 0.851. The van der Waals surface area contributed by atoms with Gasteiger partial charge in [-0.25, -0.2) is 4.79 Å². The molecule has 1 unspecified atom stereocenters. The molecular weight excluding hydrogens is 144 g/mol. The fraction of sp³-hybridized carbons (Fsp3) is 0.625. The monoisotopic (exact) mass is 156 g/mol. The minimum Gasteiger partial charge on any atom is -0.430 e. The maximum atomic E-state index is 10.4. The highest BCUT2D eigenvalue weighted by Gasteiger charge is 2.21. The molecule has 62 valence electrons. The van der Waals surface area contributed by atoms with Crippen LogP contribution < -0.4 is 0 Å². The van der Waals surface area contributed by atoms with Crippen LogP contribution in [-0.2, 0) is 9.47 Å². The third-order valence-electron chi connectivity index (χ3n) is 1.42. The van der Waals surface area contributed by atoms with Gasteiger partial charge in [-0.15, -0.1) is 0 Å². The van der Waals surface area contributed by atoms with Gasteiger partial charge in [0.2, 0.25) is 0 Å². The maximum Gasteiger partial charge on any atom is 0.509 e. The number of ether oxygens (including phenoxy) is 2. The van der Waals surface area contributed by atoms with Crippen LogP contribution in [0.2, 0.25) is 0 Å². The zero-order valence-electron chi connectivity index (χ0n) is 6.58. The van der Waals surface area contributed by atoms with Crippen molar-refractivity contribution in [1.82, 2.24) is 0 Å². The van der Waals surface area contributed by atoms with Crippen LogP contribution >= 0.6 is 0 Å². The molecule has 0 N–H and O–H groups in total. The van der Waals surface area contributed by atoms with E-state index in [1.54, 1.807) is 0 Å². The van der Waals surface area contributed by atoms with Crippen molar-refractivity contribution in [3.05, 3.63) is 12.2 Å². The molecule has 1 heterocycles. The Bertz CT molecular complexity index is 163. The van der Waals surface area contributed by atoms with E-state index in [0.29, 0.717) is 6.61 Å². The zero-order valence-corrected chi connectivity index (χ0v) is 6.58. The second-order valence-electron chi connectivity index (χ2n) is 2.43. The Morgan fingerprint density at radius 1 is 1.73 bits per heavy atom. The predicted octanol–water partition coefficient (Wildman–Crippen LogP) is 1.88. The largest absolute Gasteiger partial charge is 0.509 e. The predicted molar refractivity (Wildman–Crippen MR) is 40.3 cm³/mol. The van der Waals surface area contributed by atoms with Crippen molar-refractivity contribution in [3.8, 4) is 0 Å². The molecule has 1 atom stereocenters. The Morgan fingerprint density at radius 3 is 3.09 bits per heavy atom. The molecule has 0 aromatic rings. The fourth-order valence-corrected chi connectivity index (χ4v) is 0.851. The van der Waals surface area contributed by atoms with Crippen molar-refractivity contribution in [2.24, 2.45) is 0 Å². The first-order valence-electron chi connectivity index (χ1n) is 3.83. The quantitative estimate of drug-likeness (QED) is 0.462. The molecule has 0 saturated carbocycles. The number of hydrogen-bond acceptors (Lipinski definition) is 3. The highest BCUT2D eigenvalue weighted by atomic mass is 16.8. The standard InChI is InChI=1S/C8H12O3/c1-2-3-4-5-7-6-10-8(9)11-7/h4-5,7H,2-3,6H2,1H3/b5-4+. The van der Waals surface area contributed by atoms with Gasteiger partial charge in [-0.1, -0.05) is 19.4 Å². The second kappa shape index (κ2) is 4.01. The van der Waals surface area contributed by atoms with Crippen molar-refractivity contribution in [2.75, 3.05) is 6.61 Å². The lowest BCUT2D eigenvalue weighted by molar-refractivity contribution is 0.125. The Labute approximate surface area is 66.0 Å². The Hall–Kier alpha value is -0.990. The lowest BCUT2D eigenvalue weighted by Crippen LogP contribution is -2.04. The van der Waals surface area contributed by atoms with Gasteiger partial charge in [0.15, 0.2) is 6.10 Å². The average Bonchev–Trinajstić information content (AvgIpc) is 2.37. The van der Waals surface area contributed by atoms with Crippen molar-refractivity contribution < 1.29 is 14.3 Å². The van der Waals surface area contributed by atoms with Gasteiger partial charge in [-0.3, -0.25) is 0 Å². The van der Waals surface area contributed by atoms with Gasteiger partial charge in [0, 0.05) is 0 Å². The number of carbonyl (C=O) groups excluding carboxylic acids is 1. The number of cyclic esters (lactones) is 2. The number of rotatable bonds is 3. The van der Waals surface area contributed by atoms with Gasteiger partial charge in [0.25, 0.3) is 0 Å². The van der Waals surface area contributed by atoms with Crippen molar-refractivity contribution in [2.45, 2.75) is 25.9 Å². The third-order valence-corrected chi connectivity index (χ3v) is 1.42. The Kier molecular flexibility index (Phi) is 2.95. The summed E-state index contributed by atoms with van der Waals surface area (Å²) in [6.45, 7) is 2.46. The molecule has 3 heteroatoms. The molecule has 3 nitrogen and oxygen atoms in total. The van der Waals surface area contributed by atoms with Crippen LogP contribution in [0.4, 0.5) is 4.79 Å². The minimum absolute atomic E-state index is 0.158. The molecule has 0 bridgehead atoms. The SMILES string of the molecule is CCC/C=C/C1COC(=O)O1. The van der Waals surface area contributed by atoms with Crippen molar-refractivity contribution in [1.29, 1.82) is 0 Å². The van der Waals surface area contributed by atoms with Gasteiger partial charge < -0.3 is 9.47 Å². The molecule has 0 amide bonds. The molecular formula is C8H12O3. The van der Waals surface area contributed by atoms with Gasteiger partial charge in [0.05, 0.1) is 0 Å². The highest BCUT2D eigenvalue weighted by Crippen LogP contribution is 2.07. The number of carbonyl (C=O) groups is 1. The van der Waals surface area contributed by atoms with Crippen LogP contribution in [0.25, 0.3) is 0 Å².